The number of amides is 1. The molecule has 0 saturated carbocycles. The lowest BCUT2D eigenvalue weighted by atomic mass is 10.0. The zero-order valence-electron chi connectivity index (χ0n) is 9.98. The van der Waals surface area contributed by atoms with E-state index in [1.807, 2.05) is 12.1 Å². The fourth-order valence-corrected chi connectivity index (χ4v) is 2.12. The molecule has 1 atom stereocenters. The monoisotopic (exact) mass is 233 g/mol. The summed E-state index contributed by atoms with van der Waals surface area (Å²) in [4.78, 5) is 15.7. The van der Waals surface area contributed by atoms with Crippen LogP contribution < -0.4 is 10.6 Å². The Kier molecular flexibility index (Phi) is 4.50. The Morgan fingerprint density at radius 2 is 2.41 bits per heavy atom. The summed E-state index contributed by atoms with van der Waals surface area (Å²) < 4.78 is 0. The minimum Gasteiger partial charge on any atom is -0.314 e. The Balaban J connectivity index is 1.70. The summed E-state index contributed by atoms with van der Waals surface area (Å²) in [6.45, 7) is 1.09. The number of nitrogens with one attached hydrogen (secondary N) is 2. The largest absolute Gasteiger partial charge is 0.314 e. The quantitative estimate of drug-likeness (QED) is 0.835. The molecule has 1 saturated heterocycles. The first-order valence-corrected chi connectivity index (χ1v) is 6.29. The SMILES string of the molecule is O=C(CCC1CCCCN1)Nc1ccccn1. The van der Waals surface area contributed by atoms with Crippen molar-refractivity contribution < 1.29 is 4.79 Å². The van der Waals surface area contributed by atoms with E-state index in [9.17, 15) is 4.79 Å². The average molecular weight is 233 g/mol. The number of rotatable bonds is 4. The van der Waals surface area contributed by atoms with E-state index in [4.69, 9.17) is 0 Å². The Morgan fingerprint density at radius 1 is 1.47 bits per heavy atom. The highest BCUT2D eigenvalue weighted by Crippen LogP contribution is 2.12. The van der Waals surface area contributed by atoms with Gasteiger partial charge < -0.3 is 10.6 Å². The molecule has 92 valence electrons. The van der Waals surface area contributed by atoms with E-state index in [1.165, 1.54) is 19.3 Å². The van der Waals surface area contributed by atoms with Gasteiger partial charge in [-0.2, -0.15) is 0 Å². The highest BCUT2D eigenvalue weighted by Gasteiger charge is 2.13. The number of piperidine rings is 1. The van der Waals surface area contributed by atoms with Crippen molar-refractivity contribution >= 4 is 11.7 Å². The van der Waals surface area contributed by atoms with Gasteiger partial charge in [-0.3, -0.25) is 4.79 Å². The van der Waals surface area contributed by atoms with Crippen LogP contribution in [0.5, 0.6) is 0 Å². The van der Waals surface area contributed by atoms with Gasteiger partial charge in [0.1, 0.15) is 5.82 Å². The van der Waals surface area contributed by atoms with Gasteiger partial charge >= 0.3 is 0 Å². The molecule has 1 aromatic heterocycles. The molecule has 1 unspecified atom stereocenters. The lowest BCUT2D eigenvalue weighted by molar-refractivity contribution is -0.116. The van der Waals surface area contributed by atoms with Gasteiger partial charge in [-0.05, 0) is 37.9 Å². The van der Waals surface area contributed by atoms with E-state index in [0.29, 0.717) is 18.3 Å². The van der Waals surface area contributed by atoms with Crippen LogP contribution in [-0.2, 0) is 4.79 Å². The standard InChI is InChI=1S/C13H19N3O/c17-13(16-12-6-2-4-10-15-12)8-7-11-5-1-3-9-14-11/h2,4,6,10-11,14H,1,3,5,7-9H2,(H,15,16,17). The first-order chi connectivity index (χ1) is 8.34. The highest BCUT2D eigenvalue weighted by atomic mass is 16.1. The number of nitrogens with zero attached hydrogens (tertiary/aromatic N) is 1. The summed E-state index contributed by atoms with van der Waals surface area (Å²) in [5.74, 6) is 0.685. The molecule has 1 aliphatic heterocycles. The van der Waals surface area contributed by atoms with Crippen LogP contribution in [0, 0.1) is 0 Å². The van der Waals surface area contributed by atoms with Crippen molar-refractivity contribution in [3.05, 3.63) is 24.4 Å². The van der Waals surface area contributed by atoms with Crippen LogP contribution in [0.1, 0.15) is 32.1 Å². The normalized spacial score (nSPS) is 19.9. The Hall–Kier alpha value is -1.42. The molecule has 4 nitrogen and oxygen atoms in total. The van der Waals surface area contributed by atoms with Crippen LogP contribution >= 0.6 is 0 Å². The van der Waals surface area contributed by atoms with Crippen LogP contribution in [0.15, 0.2) is 24.4 Å². The fraction of sp³-hybridized carbons (Fsp3) is 0.538. The Morgan fingerprint density at radius 3 is 3.12 bits per heavy atom. The van der Waals surface area contributed by atoms with E-state index in [-0.39, 0.29) is 5.91 Å². The fourth-order valence-electron chi connectivity index (χ4n) is 2.12. The second-order valence-electron chi connectivity index (χ2n) is 4.45. The maximum Gasteiger partial charge on any atom is 0.225 e. The van der Waals surface area contributed by atoms with E-state index < -0.39 is 0 Å². The number of pyridine rings is 1. The van der Waals surface area contributed by atoms with Crippen LogP contribution in [0.4, 0.5) is 5.82 Å². The molecule has 1 aliphatic rings. The molecule has 1 amide bonds. The maximum absolute atomic E-state index is 11.7. The second-order valence-corrected chi connectivity index (χ2v) is 4.45. The van der Waals surface area contributed by atoms with E-state index >= 15 is 0 Å². The summed E-state index contributed by atoms with van der Waals surface area (Å²) >= 11 is 0. The van der Waals surface area contributed by atoms with Gasteiger partial charge in [0.15, 0.2) is 0 Å². The third-order valence-corrected chi connectivity index (χ3v) is 3.06. The van der Waals surface area contributed by atoms with Crippen LogP contribution in [0.25, 0.3) is 0 Å². The molecule has 17 heavy (non-hydrogen) atoms. The van der Waals surface area contributed by atoms with Gasteiger partial charge in [0.2, 0.25) is 5.91 Å². The predicted octanol–water partition coefficient (Wildman–Crippen LogP) is 1.94. The highest BCUT2D eigenvalue weighted by molar-refractivity contribution is 5.89. The molecule has 1 fully saturated rings. The molecule has 1 aromatic rings. The Bertz CT molecular complexity index is 347. The van der Waals surface area contributed by atoms with Crippen molar-refractivity contribution in [3.63, 3.8) is 0 Å². The molecular formula is C13H19N3O. The van der Waals surface area contributed by atoms with Gasteiger partial charge in [-0.1, -0.05) is 12.5 Å². The molecule has 0 radical (unpaired) electrons. The van der Waals surface area contributed by atoms with E-state index in [0.717, 1.165) is 13.0 Å². The Labute approximate surface area is 102 Å². The summed E-state index contributed by atoms with van der Waals surface area (Å²) in [5.41, 5.74) is 0. The van der Waals surface area contributed by atoms with Gasteiger partial charge in [-0.15, -0.1) is 0 Å². The number of carbonyl (C=O) groups excluding carboxylic acids is 1. The average Bonchev–Trinajstić information content (AvgIpc) is 2.39. The first kappa shape index (κ1) is 12.0. The third kappa shape index (κ3) is 4.15. The smallest absolute Gasteiger partial charge is 0.225 e. The molecule has 2 N–H and O–H groups in total. The number of hydrogen-bond acceptors (Lipinski definition) is 3. The first-order valence-electron chi connectivity index (χ1n) is 6.29. The minimum absolute atomic E-state index is 0.0519. The second kappa shape index (κ2) is 6.35. The summed E-state index contributed by atoms with van der Waals surface area (Å²) in [6.07, 6.45) is 6.89. The molecule has 0 bridgehead atoms. The lowest BCUT2D eigenvalue weighted by Crippen LogP contribution is -2.34. The predicted molar refractivity (Wildman–Crippen MR) is 67.7 cm³/mol. The van der Waals surface area contributed by atoms with Crippen molar-refractivity contribution in [2.24, 2.45) is 0 Å². The summed E-state index contributed by atoms with van der Waals surface area (Å²) in [7, 11) is 0. The van der Waals surface area contributed by atoms with Crippen molar-refractivity contribution in [1.29, 1.82) is 0 Å². The van der Waals surface area contributed by atoms with Crippen LogP contribution in [0.2, 0.25) is 0 Å². The molecule has 2 rings (SSSR count). The van der Waals surface area contributed by atoms with E-state index in [1.54, 1.807) is 12.3 Å². The van der Waals surface area contributed by atoms with Gasteiger partial charge in [0.05, 0.1) is 0 Å². The molecule has 0 aliphatic carbocycles. The van der Waals surface area contributed by atoms with Gasteiger partial charge in [0.25, 0.3) is 0 Å². The summed E-state index contributed by atoms with van der Waals surface area (Å²) in [5, 5.41) is 6.25. The van der Waals surface area contributed by atoms with Crippen molar-refractivity contribution in [2.75, 3.05) is 11.9 Å². The molecule has 0 aromatic carbocycles. The van der Waals surface area contributed by atoms with Gasteiger partial charge in [-0.25, -0.2) is 4.98 Å². The van der Waals surface area contributed by atoms with Crippen molar-refractivity contribution in [2.45, 2.75) is 38.1 Å². The maximum atomic E-state index is 11.7. The number of aromatic nitrogens is 1. The summed E-state index contributed by atoms with van der Waals surface area (Å²) in [6, 6.07) is 6.02. The number of carbonyl (C=O) groups is 1. The molecule has 0 spiro atoms. The zero-order valence-corrected chi connectivity index (χ0v) is 9.98. The van der Waals surface area contributed by atoms with Crippen LogP contribution in [-0.4, -0.2) is 23.5 Å². The van der Waals surface area contributed by atoms with Crippen molar-refractivity contribution in [1.82, 2.24) is 10.3 Å². The minimum atomic E-state index is 0.0519. The molecule has 4 heteroatoms. The number of hydrogen-bond donors (Lipinski definition) is 2. The van der Waals surface area contributed by atoms with E-state index in [2.05, 4.69) is 15.6 Å². The lowest BCUT2D eigenvalue weighted by Gasteiger charge is -2.22. The zero-order chi connectivity index (χ0) is 11.9. The molecular weight excluding hydrogens is 214 g/mol. The topological polar surface area (TPSA) is 54.0 Å². The molecule has 2 heterocycles. The third-order valence-electron chi connectivity index (χ3n) is 3.06. The van der Waals surface area contributed by atoms with Crippen LogP contribution in [0.3, 0.4) is 0 Å². The van der Waals surface area contributed by atoms with Gasteiger partial charge in [0, 0.05) is 18.7 Å². The van der Waals surface area contributed by atoms with Crippen molar-refractivity contribution in [3.8, 4) is 0 Å². The number of anilines is 1.